The summed E-state index contributed by atoms with van der Waals surface area (Å²) in [5.41, 5.74) is 1.35. The van der Waals surface area contributed by atoms with Gasteiger partial charge >= 0.3 is 0 Å². The van der Waals surface area contributed by atoms with Gasteiger partial charge in [-0.05, 0) is 31.5 Å². The maximum atomic E-state index is 13.9. The Hall–Kier alpha value is -1.36. The molecule has 5 heteroatoms. The summed E-state index contributed by atoms with van der Waals surface area (Å²) in [5.74, 6) is 0.400. The summed E-state index contributed by atoms with van der Waals surface area (Å²) >= 11 is 3.25. The Bertz CT molecular complexity index is 551. The molecule has 0 aliphatic heterocycles. The number of nitrogens with one attached hydrogen (secondary N) is 1. The molecule has 1 aromatic heterocycles. The van der Waals surface area contributed by atoms with Gasteiger partial charge in [-0.3, -0.25) is 4.57 Å². The molecule has 0 amide bonds. The van der Waals surface area contributed by atoms with Crippen LogP contribution in [0.5, 0.6) is 0 Å². The van der Waals surface area contributed by atoms with Crippen molar-refractivity contribution in [3.05, 3.63) is 40.4 Å². The topological polar surface area (TPSA) is 29.9 Å². The lowest BCUT2D eigenvalue weighted by atomic mass is 10.3. The SMILES string of the molecule is CCCNc1nc(C)cn1-c1ccc(Br)cc1F. The van der Waals surface area contributed by atoms with Crippen LogP contribution in [0.2, 0.25) is 0 Å². The Kier molecular flexibility index (Phi) is 4.01. The van der Waals surface area contributed by atoms with Crippen LogP contribution in [0.4, 0.5) is 10.3 Å². The van der Waals surface area contributed by atoms with Gasteiger partial charge in [-0.1, -0.05) is 22.9 Å². The third-order valence-corrected chi connectivity index (χ3v) is 3.02. The number of aryl methyl sites for hydroxylation is 1. The van der Waals surface area contributed by atoms with Gasteiger partial charge < -0.3 is 5.32 Å². The summed E-state index contributed by atoms with van der Waals surface area (Å²) in [4.78, 5) is 4.36. The second-order valence-electron chi connectivity index (χ2n) is 4.10. The first-order valence-corrected chi connectivity index (χ1v) is 6.66. The van der Waals surface area contributed by atoms with Gasteiger partial charge in [0.15, 0.2) is 0 Å². The molecule has 0 saturated carbocycles. The van der Waals surface area contributed by atoms with Crippen molar-refractivity contribution in [2.45, 2.75) is 20.3 Å². The van der Waals surface area contributed by atoms with E-state index in [4.69, 9.17) is 0 Å². The van der Waals surface area contributed by atoms with E-state index >= 15 is 0 Å². The number of aromatic nitrogens is 2. The maximum absolute atomic E-state index is 13.9. The predicted octanol–water partition coefficient (Wildman–Crippen LogP) is 3.90. The fraction of sp³-hybridized carbons (Fsp3) is 0.308. The standard InChI is InChI=1S/C13H15BrFN3/c1-3-6-16-13-17-9(2)8-18(13)12-5-4-10(14)7-11(12)15/h4-5,7-8H,3,6H2,1-2H3,(H,16,17). The van der Waals surface area contributed by atoms with Gasteiger partial charge in [-0.15, -0.1) is 0 Å². The average Bonchev–Trinajstić information content (AvgIpc) is 2.67. The van der Waals surface area contributed by atoms with Crippen LogP contribution in [-0.4, -0.2) is 16.1 Å². The van der Waals surface area contributed by atoms with Crippen molar-refractivity contribution >= 4 is 21.9 Å². The van der Waals surface area contributed by atoms with Crippen LogP contribution in [0.1, 0.15) is 19.0 Å². The Balaban J connectivity index is 2.42. The van der Waals surface area contributed by atoms with Crippen molar-refractivity contribution in [1.29, 1.82) is 0 Å². The van der Waals surface area contributed by atoms with E-state index < -0.39 is 0 Å². The van der Waals surface area contributed by atoms with E-state index in [1.54, 1.807) is 10.6 Å². The molecule has 0 fully saturated rings. The number of halogens is 2. The minimum absolute atomic E-state index is 0.277. The molecule has 0 aliphatic carbocycles. The Morgan fingerprint density at radius 2 is 2.22 bits per heavy atom. The van der Waals surface area contributed by atoms with Gasteiger partial charge in [-0.2, -0.15) is 0 Å². The zero-order valence-electron chi connectivity index (χ0n) is 10.4. The predicted molar refractivity (Wildman–Crippen MR) is 74.7 cm³/mol. The highest BCUT2D eigenvalue weighted by Crippen LogP contribution is 2.22. The average molecular weight is 312 g/mol. The molecular weight excluding hydrogens is 297 g/mol. The zero-order chi connectivity index (χ0) is 13.1. The van der Waals surface area contributed by atoms with Gasteiger partial charge in [0.2, 0.25) is 5.95 Å². The molecule has 0 bridgehead atoms. The van der Waals surface area contributed by atoms with Crippen LogP contribution in [0.15, 0.2) is 28.9 Å². The van der Waals surface area contributed by atoms with Gasteiger partial charge in [0.1, 0.15) is 5.82 Å². The molecule has 0 aliphatic rings. The van der Waals surface area contributed by atoms with Crippen molar-refractivity contribution in [3.8, 4) is 5.69 Å². The van der Waals surface area contributed by atoms with Crippen molar-refractivity contribution in [3.63, 3.8) is 0 Å². The van der Waals surface area contributed by atoms with Crippen molar-refractivity contribution in [2.75, 3.05) is 11.9 Å². The van der Waals surface area contributed by atoms with Crippen molar-refractivity contribution in [1.82, 2.24) is 9.55 Å². The number of nitrogens with zero attached hydrogens (tertiary/aromatic N) is 2. The van der Waals surface area contributed by atoms with Crippen molar-refractivity contribution < 1.29 is 4.39 Å². The number of rotatable bonds is 4. The lowest BCUT2D eigenvalue weighted by Gasteiger charge is -2.10. The van der Waals surface area contributed by atoms with Crippen LogP contribution in [-0.2, 0) is 0 Å². The Labute approximate surface area is 114 Å². The van der Waals surface area contributed by atoms with Crippen molar-refractivity contribution in [2.24, 2.45) is 0 Å². The molecule has 0 atom stereocenters. The lowest BCUT2D eigenvalue weighted by molar-refractivity contribution is 0.617. The second kappa shape index (κ2) is 5.52. The minimum Gasteiger partial charge on any atom is -0.355 e. The molecule has 1 heterocycles. The van der Waals surface area contributed by atoms with E-state index in [1.165, 1.54) is 6.07 Å². The highest BCUT2D eigenvalue weighted by molar-refractivity contribution is 9.10. The quantitative estimate of drug-likeness (QED) is 0.928. The first-order chi connectivity index (χ1) is 8.61. The summed E-state index contributed by atoms with van der Waals surface area (Å²) in [6, 6.07) is 5.00. The third-order valence-electron chi connectivity index (χ3n) is 2.53. The number of hydrogen-bond acceptors (Lipinski definition) is 2. The first kappa shape index (κ1) is 13.1. The summed E-state index contributed by atoms with van der Waals surface area (Å²) in [6.45, 7) is 4.78. The number of anilines is 1. The largest absolute Gasteiger partial charge is 0.355 e. The van der Waals surface area contributed by atoms with Crippen LogP contribution in [0, 0.1) is 12.7 Å². The van der Waals surface area contributed by atoms with Gasteiger partial charge in [0.05, 0.1) is 11.4 Å². The Morgan fingerprint density at radius 1 is 1.44 bits per heavy atom. The highest BCUT2D eigenvalue weighted by Gasteiger charge is 2.11. The first-order valence-electron chi connectivity index (χ1n) is 5.87. The maximum Gasteiger partial charge on any atom is 0.207 e. The van der Waals surface area contributed by atoms with E-state index in [0.29, 0.717) is 11.6 Å². The molecule has 1 N–H and O–H groups in total. The number of hydrogen-bond donors (Lipinski definition) is 1. The van der Waals surface area contributed by atoms with Crippen LogP contribution in [0.3, 0.4) is 0 Å². The van der Waals surface area contributed by atoms with E-state index in [9.17, 15) is 4.39 Å². The van der Waals surface area contributed by atoms with Crippen LogP contribution < -0.4 is 5.32 Å². The summed E-state index contributed by atoms with van der Waals surface area (Å²) in [7, 11) is 0. The molecular formula is C13H15BrFN3. The lowest BCUT2D eigenvalue weighted by Crippen LogP contribution is -2.07. The normalized spacial score (nSPS) is 10.7. The smallest absolute Gasteiger partial charge is 0.207 e. The molecule has 0 spiro atoms. The van der Waals surface area contributed by atoms with E-state index in [1.807, 2.05) is 19.2 Å². The third kappa shape index (κ3) is 2.72. The zero-order valence-corrected chi connectivity index (χ0v) is 12.0. The monoisotopic (exact) mass is 311 g/mol. The second-order valence-corrected chi connectivity index (χ2v) is 5.01. The molecule has 18 heavy (non-hydrogen) atoms. The van der Waals surface area contributed by atoms with E-state index in [-0.39, 0.29) is 5.82 Å². The molecule has 3 nitrogen and oxygen atoms in total. The molecule has 2 rings (SSSR count). The van der Waals surface area contributed by atoms with Crippen LogP contribution in [0.25, 0.3) is 5.69 Å². The number of benzene rings is 1. The van der Waals surface area contributed by atoms with E-state index in [0.717, 1.165) is 23.1 Å². The van der Waals surface area contributed by atoms with Gasteiger partial charge in [0.25, 0.3) is 0 Å². The Morgan fingerprint density at radius 3 is 2.89 bits per heavy atom. The fourth-order valence-electron chi connectivity index (χ4n) is 1.72. The van der Waals surface area contributed by atoms with Gasteiger partial charge in [0, 0.05) is 17.2 Å². The molecule has 96 valence electrons. The molecule has 2 aromatic rings. The van der Waals surface area contributed by atoms with Gasteiger partial charge in [-0.25, -0.2) is 9.37 Å². The fourth-order valence-corrected chi connectivity index (χ4v) is 2.05. The summed E-state index contributed by atoms with van der Waals surface area (Å²) in [6.07, 6.45) is 2.82. The van der Waals surface area contributed by atoms with Crippen LogP contribution >= 0.6 is 15.9 Å². The number of imidazole rings is 1. The minimum atomic E-state index is -0.277. The molecule has 0 saturated heterocycles. The highest BCUT2D eigenvalue weighted by atomic mass is 79.9. The summed E-state index contributed by atoms with van der Waals surface area (Å²) < 4.78 is 16.4. The van der Waals surface area contributed by atoms with E-state index in [2.05, 4.69) is 33.2 Å². The molecule has 0 unspecified atom stereocenters. The molecule has 1 aromatic carbocycles. The summed E-state index contributed by atoms with van der Waals surface area (Å²) in [5, 5.41) is 3.20. The molecule has 0 radical (unpaired) electrons.